The number of unbranched alkanes of at least 4 members (excludes halogenated alkanes) is 7. The van der Waals surface area contributed by atoms with E-state index < -0.39 is 5.97 Å². The quantitative estimate of drug-likeness (QED) is 0.376. The summed E-state index contributed by atoms with van der Waals surface area (Å²) in [6, 6.07) is 3.08. The SMILES string of the molecule is CCCCCCCCCCNOCCO.O=C(O)c1cccnc1. The van der Waals surface area contributed by atoms with Gasteiger partial charge in [-0.25, -0.2) is 10.3 Å². The van der Waals surface area contributed by atoms with E-state index in [0.717, 1.165) is 6.54 Å². The summed E-state index contributed by atoms with van der Waals surface area (Å²) in [5.74, 6) is -0.942. The Labute approximate surface area is 145 Å². The van der Waals surface area contributed by atoms with E-state index in [1.165, 1.54) is 69.8 Å². The number of hydrogen-bond acceptors (Lipinski definition) is 5. The van der Waals surface area contributed by atoms with Gasteiger partial charge in [0.15, 0.2) is 0 Å². The maximum atomic E-state index is 10.2. The van der Waals surface area contributed by atoms with E-state index in [0.29, 0.717) is 6.61 Å². The van der Waals surface area contributed by atoms with Crippen molar-refractivity contribution in [1.82, 2.24) is 10.5 Å². The van der Waals surface area contributed by atoms with Gasteiger partial charge in [0.25, 0.3) is 0 Å². The molecule has 3 N–H and O–H groups in total. The van der Waals surface area contributed by atoms with E-state index in [-0.39, 0.29) is 12.2 Å². The summed E-state index contributed by atoms with van der Waals surface area (Å²) in [4.78, 5) is 18.7. The van der Waals surface area contributed by atoms with Crippen LogP contribution in [-0.2, 0) is 4.84 Å². The van der Waals surface area contributed by atoms with Crippen molar-refractivity contribution in [3.8, 4) is 0 Å². The second-order valence-electron chi connectivity index (χ2n) is 5.49. The second kappa shape index (κ2) is 17.8. The minimum atomic E-state index is -0.942. The summed E-state index contributed by atoms with van der Waals surface area (Å²) in [6.07, 6.45) is 13.5. The number of aromatic nitrogens is 1. The third-order valence-electron chi connectivity index (χ3n) is 3.34. The number of hydrogen-bond donors (Lipinski definition) is 3. The predicted molar refractivity (Wildman–Crippen MR) is 94.8 cm³/mol. The average Bonchev–Trinajstić information content (AvgIpc) is 2.61. The van der Waals surface area contributed by atoms with Crippen LogP contribution in [0, 0.1) is 0 Å². The molecule has 0 radical (unpaired) electrons. The van der Waals surface area contributed by atoms with Gasteiger partial charge in [-0.2, -0.15) is 0 Å². The van der Waals surface area contributed by atoms with Crippen LogP contribution in [0.2, 0.25) is 0 Å². The summed E-state index contributed by atoms with van der Waals surface area (Å²) in [5, 5.41) is 16.8. The van der Waals surface area contributed by atoms with Gasteiger partial charge >= 0.3 is 5.97 Å². The third kappa shape index (κ3) is 15.4. The molecule has 1 heterocycles. The summed E-state index contributed by atoms with van der Waals surface area (Å²) in [7, 11) is 0. The van der Waals surface area contributed by atoms with Crippen LogP contribution < -0.4 is 5.48 Å². The number of hydroxylamine groups is 1. The van der Waals surface area contributed by atoms with Crippen molar-refractivity contribution in [1.29, 1.82) is 0 Å². The smallest absolute Gasteiger partial charge is 0.337 e. The molecule has 0 bridgehead atoms. The minimum Gasteiger partial charge on any atom is -0.478 e. The van der Waals surface area contributed by atoms with E-state index in [1.54, 1.807) is 6.07 Å². The summed E-state index contributed by atoms with van der Waals surface area (Å²) in [5.41, 5.74) is 3.06. The molecule has 0 aliphatic rings. The molecule has 0 unspecified atom stereocenters. The number of aromatic carboxylic acids is 1. The number of nitrogens with one attached hydrogen (secondary N) is 1. The molecule has 0 saturated carbocycles. The molecular formula is C18H32N2O4. The monoisotopic (exact) mass is 340 g/mol. The molecule has 138 valence electrons. The van der Waals surface area contributed by atoms with Crippen molar-refractivity contribution >= 4 is 5.97 Å². The van der Waals surface area contributed by atoms with Crippen molar-refractivity contribution in [3.63, 3.8) is 0 Å². The van der Waals surface area contributed by atoms with Crippen LogP contribution in [-0.4, -0.2) is 40.9 Å². The topological polar surface area (TPSA) is 91.7 Å². The van der Waals surface area contributed by atoms with Crippen molar-refractivity contribution in [2.75, 3.05) is 19.8 Å². The Kier molecular flexibility index (Phi) is 16.7. The van der Waals surface area contributed by atoms with E-state index in [2.05, 4.69) is 17.4 Å². The molecule has 0 saturated heterocycles. The van der Waals surface area contributed by atoms with E-state index in [9.17, 15) is 4.79 Å². The summed E-state index contributed by atoms with van der Waals surface area (Å²) < 4.78 is 0. The lowest BCUT2D eigenvalue weighted by molar-refractivity contribution is 0.0170. The van der Waals surface area contributed by atoms with Crippen LogP contribution in [0.1, 0.15) is 68.6 Å². The molecule has 6 heteroatoms. The standard InChI is InChI=1S/C12H27NO2.C6H5NO2/c1-2-3-4-5-6-7-8-9-10-13-15-12-11-14;8-6(9)5-2-1-3-7-4-5/h13-14H,2-12H2,1H3;1-4H,(H,8,9). The highest BCUT2D eigenvalue weighted by molar-refractivity contribution is 5.86. The zero-order valence-corrected chi connectivity index (χ0v) is 14.7. The van der Waals surface area contributed by atoms with Crippen LogP contribution in [0.5, 0.6) is 0 Å². The Bertz CT molecular complexity index is 376. The van der Waals surface area contributed by atoms with Gasteiger partial charge < -0.3 is 10.2 Å². The second-order valence-corrected chi connectivity index (χ2v) is 5.49. The van der Waals surface area contributed by atoms with Crippen LogP contribution in [0.25, 0.3) is 0 Å². The zero-order valence-electron chi connectivity index (χ0n) is 14.7. The van der Waals surface area contributed by atoms with Gasteiger partial charge in [-0.3, -0.25) is 9.82 Å². The van der Waals surface area contributed by atoms with Crippen molar-refractivity contribution in [3.05, 3.63) is 30.1 Å². The van der Waals surface area contributed by atoms with Gasteiger partial charge in [-0.05, 0) is 18.6 Å². The Morgan fingerprint density at radius 3 is 2.33 bits per heavy atom. The number of aliphatic hydroxyl groups is 1. The molecule has 0 spiro atoms. The van der Waals surface area contributed by atoms with Gasteiger partial charge in [0.05, 0.1) is 18.8 Å². The molecule has 0 aliphatic heterocycles. The first-order chi connectivity index (χ1) is 11.7. The number of aliphatic hydroxyl groups excluding tert-OH is 1. The Hall–Kier alpha value is -1.50. The Morgan fingerprint density at radius 1 is 1.17 bits per heavy atom. The highest BCUT2D eigenvalue weighted by Crippen LogP contribution is 2.07. The van der Waals surface area contributed by atoms with E-state index in [1.807, 2.05) is 0 Å². The van der Waals surface area contributed by atoms with Gasteiger partial charge in [0, 0.05) is 18.9 Å². The van der Waals surface area contributed by atoms with Crippen molar-refractivity contribution < 1.29 is 19.8 Å². The van der Waals surface area contributed by atoms with Crippen molar-refractivity contribution in [2.45, 2.75) is 58.3 Å². The first kappa shape index (κ1) is 22.5. The maximum absolute atomic E-state index is 10.2. The molecule has 24 heavy (non-hydrogen) atoms. The molecule has 0 fully saturated rings. The largest absolute Gasteiger partial charge is 0.478 e. The lowest BCUT2D eigenvalue weighted by Crippen LogP contribution is -2.18. The van der Waals surface area contributed by atoms with Crippen LogP contribution in [0.4, 0.5) is 0 Å². The fraction of sp³-hybridized carbons (Fsp3) is 0.667. The number of rotatable bonds is 13. The third-order valence-corrected chi connectivity index (χ3v) is 3.34. The van der Waals surface area contributed by atoms with E-state index in [4.69, 9.17) is 15.1 Å². The Balaban J connectivity index is 0.000000496. The fourth-order valence-corrected chi connectivity index (χ4v) is 2.01. The number of carbonyl (C=O) groups is 1. The van der Waals surface area contributed by atoms with Crippen LogP contribution in [0.15, 0.2) is 24.5 Å². The molecule has 6 nitrogen and oxygen atoms in total. The molecular weight excluding hydrogens is 308 g/mol. The minimum absolute atomic E-state index is 0.0877. The van der Waals surface area contributed by atoms with Gasteiger partial charge in [-0.1, -0.05) is 51.9 Å². The summed E-state index contributed by atoms with van der Waals surface area (Å²) >= 11 is 0. The molecule has 1 aromatic rings. The number of nitrogens with zero attached hydrogens (tertiary/aromatic N) is 1. The van der Waals surface area contributed by atoms with Gasteiger partial charge in [-0.15, -0.1) is 0 Å². The van der Waals surface area contributed by atoms with Crippen molar-refractivity contribution in [2.24, 2.45) is 0 Å². The predicted octanol–water partition coefficient (Wildman–Crippen LogP) is 3.42. The summed E-state index contributed by atoms with van der Waals surface area (Å²) in [6.45, 7) is 3.62. The molecule has 0 aliphatic carbocycles. The average molecular weight is 340 g/mol. The highest BCUT2D eigenvalue weighted by atomic mass is 16.6. The van der Waals surface area contributed by atoms with E-state index >= 15 is 0 Å². The lowest BCUT2D eigenvalue weighted by atomic mass is 10.1. The number of carboxylic acid groups (broad SMARTS) is 1. The maximum Gasteiger partial charge on any atom is 0.337 e. The first-order valence-corrected chi connectivity index (χ1v) is 8.81. The Morgan fingerprint density at radius 2 is 1.83 bits per heavy atom. The van der Waals surface area contributed by atoms with Crippen LogP contribution in [0.3, 0.4) is 0 Å². The molecule has 0 aromatic carbocycles. The lowest BCUT2D eigenvalue weighted by Gasteiger charge is -2.04. The molecule has 1 aromatic heterocycles. The number of pyridine rings is 1. The van der Waals surface area contributed by atoms with Crippen LogP contribution >= 0.6 is 0 Å². The highest BCUT2D eigenvalue weighted by Gasteiger charge is 1.97. The molecule has 0 atom stereocenters. The molecule has 1 rings (SSSR count). The number of carboxylic acids is 1. The normalized spacial score (nSPS) is 10.1. The zero-order chi connectivity index (χ0) is 17.9. The molecule has 0 amide bonds. The van der Waals surface area contributed by atoms with Gasteiger partial charge in [0.1, 0.15) is 0 Å². The first-order valence-electron chi connectivity index (χ1n) is 8.81. The fourth-order valence-electron chi connectivity index (χ4n) is 2.01. The van der Waals surface area contributed by atoms with Gasteiger partial charge in [0.2, 0.25) is 0 Å².